The van der Waals surface area contributed by atoms with E-state index in [1.165, 1.54) is 11.6 Å². The molecule has 17 heavy (non-hydrogen) atoms. The number of rotatable bonds is 7. The van der Waals surface area contributed by atoms with Crippen LogP contribution in [0.3, 0.4) is 0 Å². The summed E-state index contributed by atoms with van der Waals surface area (Å²) in [4.78, 5) is 23.3. The van der Waals surface area contributed by atoms with Gasteiger partial charge in [0.1, 0.15) is 0 Å². The van der Waals surface area contributed by atoms with Gasteiger partial charge in [0.15, 0.2) is 5.41 Å². The summed E-state index contributed by atoms with van der Waals surface area (Å²) in [5.74, 6) is -1.80. The Morgan fingerprint density at radius 2 is 2.06 bits per heavy atom. The minimum absolute atomic E-state index is 0.0445. The molecule has 0 aromatic heterocycles. The largest absolute Gasteiger partial charge is 0.480 e. The van der Waals surface area contributed by atoms with E-state index in [9.17, 15) is 14.7 Å². The van der Waals surface area contributed by atoms with Crippen LogP contribution in [0.25, 0.3) is 0 Å². The van der Waals surface area contributed by atoms with Crippen LogP contribution >= 0.6 is 11.6 Å². The quantitative estimate of drug-likeness (QED) is 0.566. The summed E-state index contributed by atoms with van der Waals surface area (Å²) >= 11 is 5.40. The third-order valence-corrected chi connectivity index (χ3v) is 2.57. The number of hydrogen-bond acceptors (Lipinski definition) is 3. The van der Waals surface area contributed by atoms with Gasteiger partial charge in [-0.15, -0.1) is 0 Å². The van der Waals surface area contributed by atoms with Crippen LogP contribution in [0.4, 0.5) is 0 Å². The average molecular weight is 263 g/mol. The van der Waals surface area contributed by atoms with Crippen molar-refractivity contribution in [1.29, 1.82) is 0 Å². The molecule has 98 valence electrons. The highest BCUT2D eigenvalue weighted by molar-refractivity contribution is 6.25. The van der Waals surface area contributed by atoms with Crippen molar-refractivity contribution in [3.05, 3.63) is 11.6 Å². The lowest BCUT2D eigenvalue weighted by atomic mass is 9.77. The second-order valence-electron chi connectivity index (χ2n) is 4.27. The molecule has 0 aliphatic rings. The molecular formula is C12H19ClO4. The zero-order chi connectivity index (χ0) is 13.5. The second kappa shape index (κ2) is 7.33. The summed E-state index contributed by atoms with van der Waals surface area (Å²) in [6, 6.07) is 0. The molecule has 0 rings (SSSR count). The van der Waals surface area contributed by atoms with Gasteiger partial charge in [-0.1, -0.05) is 31.5 Å². The van der Waals surface area contributed by atoms with Crippen LogP contribution in [0.15, 0.2) is 11.6 Å². The van der Waals surface area contributed by atoms with E-state index in [4.69, 9.17) is 16.3 Å². The van der Waals surface area contributed by atoms with Gasteiger partial charge in [0.05, 0.1) is 6.61 Å². The molecule has 0 fully saturated rings. The first-order valence-corrected chi connectivity index (χ1v) is 6.00. The topological polar surface area (TPSA) is 63.6 Å². The molecule has 0 saturated heterocycles. The number of hydrogen-bond donors (Lipinski definition) is 1. The molecule has 0 heterocycles. The van der Waals surface area contributed by atoms with E-state index in [-0.39, 0.29) is 25.4 Å². The number of allylic oxidation sites excluding steroid dienone is 1. The molecule has 5 heteroatoms. The molecule has 1 N–H and O–H groups in total. The SMILES string of the molecule is CCOC(=O)C(C/C=C/Cl)(CC(C)C)C(=O)O. The molecule has 0 amide bonds. The first-order chi connectivity index (χ1) is 7.90. The Hall–Kier alpha value is -1.03. The lowest BCUT2D eigenvalue weighted by Crippen LogP contribution is -2.41. The minimum Gasteiger partial charge on any atom is -0.480 e. The van der Waals surface area contributed by atoms with Crippen molar-refractivity contribution in [3.8, 4) is 0 Å². The number of esters is 1. The third kappa shape index (κ3) is 4.38. The molecule has 0 radical (unpaired) electrons. The van der Waals surface area contributed by atoms with Crippen LogP contribution in [0.1, 0.15) is 33.6 Å². The van der Waals surface area contributed by atoms with Gasteiger partial charge in [0.25, 0.3) is 0 Å². The molecule has 0 bridgehead atoms. The van der Waals surface area contributed by atoms with Crippen molar-refractivity contribution in [2.45, 2.75) is 33.6 Å². The summed E-state index contributed by atoms with van der Waals surface area (Å²) in [5.41, 5.74) is -0.313. The molecule has 0 aromatic carbocycles. The van der Waals surface area contributed by atoms with E-state index in [1.54, 1.807) is 6.92 Å². The zero-order valence-corrected chi connectivity index (χ0v) is 11.2. The van der Waals surface area contributed by atoms with Gasteiger partial charge >= 0.3 is 11.9 Å². The van der Waals surface area contributed by atoms with Crippen molar-refractivity contribution in [2.75, 3.05) is 6.61 Å². The van der Waals surface area contributed by atoms with E-state index >= 15 is 0 Å². The number of carbonyl (C=O) groups is 2. The first kappa shape index (κ1) is 16.0. The third-order valence-electron chi connectivity index (χ3n) is 2.39. The highest BCUT2D eigenvalue weighted by atomic mass is 35.5. The smallest absolute Gasteiger partial charge is 0.323 e. The fourth-order valence-corrected chi connectivity index (χ4v) is 1.81. The van der Waals surface area contributed by atoms with E-state index in [0.29, 0.717) is 0 Å². The van der Waals surface area contributed by atoms with Crippen LogP contribution < -0.4 is 0 Å². The number of carboxylic acid groups (broad SMARTS) is 1. The Kier molecular flexibility index (Phi) is 6.88. The van der Waals surface area contributed by atoms with Gasteiger partial charge in [-0.05, 0) is 25.7 Å². The zero-order valence-electron chi connectivity index (χ0n) is 10.4. The van der Waals surface area contributed by atoms with Crippen LogP contribution in [0, 0.1) is 11.3 Å². The lowest BCUT2D eigenvalue weighted by Gasteiger charge is -2.27. The average Bonchev–Trinajstić information content (AvgIpc) is 2.23. The summed E-state index contributed by atoms with van der Waals surface area (Å²) in [5, 5.41) is 9.32. The summed E-state index contributed by atoms with van der Waals surface area (Å²) in [7, 11) is 0. The van der Waals surface area contributed by atoms with Crippen LogP contribution in [-0.4, -0.2) is 23.7 Å². The van der Waals surface area contributed by atoms with Crippen molar-refractivity contribution < 1.29 is 19.4 Å². The fourth-order valence-electron chi connectivity index (χ4n) is 1.72. The van der Waals surface area contributed by atoms with Gasteiger partial charge in [-0.25, -0.2) is 0 Å². The van der Waals surface area contributed by atoms with Crippen LogP contribution in [-0.2, 0) is 14.3 Å². The standard InChI is InChI=1S/C12H19ClO4/c1-4-17-11(16)12(10(14)15,6-5-7-13)8-9(2)3/h5,7,9H,4,6,8H2,1-3H3,(H,14,15)/b7-5+. The highest BCUT2D eigenvalue weighted by Gasteiger charge is 2.47. The number of ether oxygens (including phenoxy) is 1. The molecule has 1 unspecified atom stereocenters. The van der Waals surface area contributed by atoms with Crippen molar-refractivity contribution in [3.63, 3.8) is 0 Å². The number of carbonyl (C=O) groups excluding carboxylic acids is 1. The molecule has 0 aromatic rings. The van der Waals surface area contributed by atoms with Gasteiger partial charge < -0.3 is 9.84 Å². The predicted octanol–water partition coefficient (Wildman–Crippen LogP) is 2.81. The molecule has 0 spiro atoms. The van der Waals surface area contributed by atoms with Crippen LogP contribution in [0.2, 0.25) is 0 Å². The van der Waals surface area contributed by atoms with E-state index in [2.05, 4.69) is 0 Å². The Morgan fingerprint density at radius 1 is 1.47 bits per heavy atom. The minimum atomic E-state index is -1.53. The number of carboxylic acids is 1. The summed E-state index contributed by atoms with van der Waals surface area (Å²) in [6.07, 6.45) is 1.74. The van der Waals surface area contributed by atoms with E-state index in [1.807, 2.05) is 13.8 Å². The molecule has 1 atom stereocenters. The van der Waals surface area contributed by atoms with Gasteiger partial charge in [0.2, 0.25) is 0 Å². The maximum atomic E-state index is 11.9. The normalized spacial score (nSPS) is 14.9. The highest BCUT2D eigenvalue weighted by Crippen LogP contribution is 2.33. The number of halogens is 1. The second-order valence-corrected chi connectivity index (χ2v) is 4.52. The first-order valence-electron chi connectivity index (χ1n) is 5.56. The predicted molar refractivity (Wildman–Crippen MR) is 65.8 cm³/mol. The fraction of sp³-hybridized carbons (Fsp3) is 0.667. The van der Waals surface area contributed by atoms with Gasteiger partial charge in [0, 0.05) is 5.54 Å². The Balaban J connectivity index is 5.22. The van der Waals surface area contributed by atoms with Gasteiger partial charge in [-0.2, -0.15) is 0 Å². The monoisotopic (exact) mass is 262 g/mol. The maximum absolute atomic E-state index is 11.9. The summed E-state index contributed by atoms with van der Waals surface area (Å²) in [6.45, 7) is 5.54. The molecule has 4 nitrogen and oxygen atoms in total. The molecule has 0 aliphatic carbocycles. The maximum Gasteiger partial charge on any atom is 0.323 e. The Morgan fingerprint density at radius 3 is 2.41 bits per heavy atom. The molecule has 0 saturated carbocycles. The lowest BCUT2D eigenvalue weighted by molar-refractivity contribution is -0.169. The van der Waals surface area contributed by atoms with Crippen molar-refractivity contribution in [1.82, 2.24) is 0 Å². The van der Waals surface area contributed by atoms with Crippen LogP contribution in [0.5, 0.6) is 0 Å². The van der Waals surface area contributed by atoms with E-state index in [0.717, 1.165) is 0 Å². The molecular weight excluding hydrogens is 244 g/mol. The summed E-state index contributed by atoms with van der Waals surface area (Å²) < 4.78 is 4.87. The molecule has 0 aliphatic heterocycles. The van der Waals surface area contributed by atoms with Gasteiger partial charge in [-0.3, -0.25) is 9.59 Å². The van der Waals surface area contributed by atoms with Crippen molar-refractivity contribution in [2.24, 2.45) is 11.3 Å². The Bertz CT molecular complexity index is 299. The Labute approximate surface area is 107 Å². The van der Waals surface area contributed by atoms with Crippen molar-refractivity contribution >= 4 is 23.5 Å². The van der Waals surface area contributed by atoms with E-state index < -0.39 is 17.4 Å². The number of aliphatic carboxylic acids is 1.